The predicted molar refractivity (Wildman–Crippen MR) is 133 cm³/mol. The van der Waals surface area contributed by atoms with E-state index in [1.165, 1.54) is 23.1 Å². The summed E-state index contributed by atoms with van der Waals surface area (Å²) in [5.74, 6) is 0.988. The standard InChI is InChI=1S/C25H21N5O3S2/c1-14-10-11-20(33-14)21-16(12-26)23(27)30(17-8-5-9-18(31)22(17)21)24-28-29-25(35-24)34-13-19(32)15-6-3-2-4-7-15/h2-4,6-7,10-11,21H,5,8-9,13,27H2,1H3. The number of allylic oxidation sites excluding steroid dienone is 3. The summed E-state index contributed by atoms with van der Waals surface area (Å²) in [5, 5.41) is 19.0. The van der Waals surface area contributed by atoms with Gasteiger partial charge in [-0.05, 0) is 31.9 Å². The van der Waals surface area contributed by atoms with Crippen LogP contribution in [0.15, 0.2) is 73.9 Å². The number of nitrogens with two attached hydrogens (primary N) is 1. The Morgan fingerprint density at radius 2 is 2.06 bits per heavy atom. The van der Waals surface area contributed by atoms with Crippen molar-refractivity contribution in [2.45, 2.75) is 36.4 Å². The molecule has 8 nitrogen and oxygen atoms in total. The van der Waals surface area contributed by atoms with Crippen molar-refractivity contribution in [1.82, 2.24) is 10.2 Å². The number of Topliss-reactive ketones (excluding diaryl/α,β-unsaturated/α-hetero) is 2. The van der Waals surface area contributed by atoms with Gasteiger partial charge in [0.1, 0.15) is 17.3 Å². The van der Waals surface area contributed by atoms with Gasteiger partial charge in [0.2, 0.25) is 5.13 Å². The van der Waals surface area contributed by atoms with Crippen LogP contribution in [-0.4, -0.2) is 27.5 Å². The molecule has 2 N–H and O–H groups in total. The molecule has 10 heteroatoms. The molecule has 3 aromatic rings. The average molecular weight is 504 g/mol. The fourth-order valence-corrected chi connectivity index (χ4v) is 6.16. The quantitative estimate of drug-likeness (QED) is 0.375. The molecular formula is C25H21N5O3S2. The van der Waals surface area contributed by atoms with Crippen molar-refractivity contribution in [1.29, 1.82) is 5.26 Å². The lowest BCUT2D eigenvalue weighted by atomic mass is 9.78. The molecule has 0 spiro atoms. The number of nitrogens with zero attached hydrogens (tertiary/aromatic N) is 4. The maximum absolute atomic E-state index is 13.1. The summed E-state index contributed by atoms with van der Waals surface area (Å²) < 4.78 is 6.43. The monoisotopic (exact) mass is 503 g/mol. The van der Waals surface area contributed by atoms with E-state index in [1.54, 1.807) is 23.1 Å². The minimum Gasteiger partial charge on any atom is -0.465 e. The van der Waals surface area contributed by atoms with Gasteiger partial charge in [-0.25, -0.2) is 0 Å². The van der Waals surface area contributed by atoms with E-state index in [-0.39, 0.29) is 28.7 Å². The Kier molecular flexibility index (Phi) is 6.28. The topological polar surface area (TPSA) is 126 Å². The molecule has 3 heterocycles. The third kappa shape index (κ3) is 4.29. The van der Waals surface area contributed by atoms with Gasteiger partial charge in [-0.2, -0.15) is 5.26 Å². The first-order chi connectivity index (χ1) is 17.0. The largest absolute Gasteiger partial charge is 0.465 e. The molecule has 1 aliphatic heterocycles. The highest BCUT2D eigenvalue weighted by atomic mass is 32.2. The normalized spacial score (nSPS) is 18.0. The second-order valence-electron chi connectivity index (χ2n) is 8.19. The van der Waals surface area contributed by atoms with Gasteiger partial charge in [0, 0.05) is 23.3 Å². The predicted octanol–water partition coefficient (Wildman–Crippen LogP) is 4.72. The fourth-order valence-electron chi connectivity index (χ4n) is 4.38. The molecule has 0 saturated carbocycles. The van der Waals surface area contributed by atoms with Gasteiger partial charge in [-0.3, -0.25) is 14.5 Å². The van der Waals surface area contributed by atoms with Crippen molar-refractivity contribution in [2.75, 3.05) is 10.7 Å². The second-order valence-corrected chi connectivity index (χ2v) is 10.4. The molecule has 0 saturated heterocycles. The third-order valence-electron chi connectivity index (χ3n) is 5.97. The number of aryl methyl sites for hydroxylation is 1. The van der Waals surface area contributed by atoms with E-state index >= 15 is 0 Å². The van der Waals surface area contributed by atoms with E-state index in [0.29, 0.717) is 51.4 Å². The zero-order chi connectivity index (χ0) is 24.5. The summed E-state index contributed by atoms with van der Waals surface area (Å²) >= 11 is 2.57. The lowest BCUT2D eigenvalue weighted by Crippen LogP contribution is -2.38. The van der Waals surface area contributed by atoms with Crippen LogP contribution >= 0.6 is 23.1 Å². The van der Waals surface area contributed by atoms with Gasteiger partial charge >= 0.3 is 0 Å². The Balaban J connectivity index is 1.48. The van der Waals surface area contributed by atoms with Crippen molar-refractivity contribution in [2.24, 2.45) is 5.73 Å². The average Bonchev–Trinajstić information content (AvgIpc) is 3.51. The minimum absolute atomic E-state index is 0.00375. The van der Waals surface area contributed by atoms with Crippen LogP contribution in [0.3, 0.4) is 0 Å². The number of thioether (sulfide) groups is 1. The van der Waals surface area contributed by atoms with E-state index in [2.05, 4.69) is 16.3 Å². The molecule has 5 rings (SSSR count). The van der Waals surface area contributed by atoms with E-state index in [9.17, 15) is 14.9 Å². The molecule has 35 heavy (non-hydrogen) atoms. The van der Waals surface area contributed by atoms with Crippen LogP contribution in [0.25, 0.3) is 0 Å². The Labute approximate surface area is 210 Å². The first kappa shape index (κ1) is 23.1. The zero-order valence-corrected chi connectivity index (χ0v) is 20.5. The number of hydrogen-bond donors (Lipinski definition) is 1. The number of benzene rings is 1. The third-order valence-corrected chi connectivity index (χ3v) is 8.01. The number of carbonyl (C=O) groups excluding carboxylic acids is 2. The number of aromatic nitrogens is 2. The number of carbonyl (C=O) groups is 2. The SMILES string of the molecule is Cc1ccc(C2C(C#N)=C(N)N(c3nnc(SCC(=O)c4ccccc4)s3)C3=C2C(=O)CCC3)o1. The summed E-state index contributed by atoms with van der Waals surface area (Å²) in [5.41, 5.74) is 8.68. The van der Waals surface area contributed by atoms with E-state index in [1.807, 2.05) is 31.2 Å². The Hall–Kier alpha value is -3.68. The first-order valence-electron chi connectivity index (χ1n) is 11.0. The van der Waals surface area contributed by atoms with Crippen LogP contribution in [0.5, 0.6) is 0 Å². The zero-order valence-electron chi connectivity index (χ0n) is 18.9. The van der Waals surface area contributed by atoms with Crippen LogP contribution < -0.4 is 10.6 Å². The molecule has 1 aliphatic carbocycles. The van der Waals surface area contributed by atoms with E-state index in [0.717, 1.165) is 5.70 Å². The second kappa shape index (κ2) is 9.52. The number of rotatable bonds is 6. The Morgan fingerprint density at radius 1 is 1.26 bits per heavy atom. The minimum atomic E-state index is -0.641. The van der Waals surface area contributed by atoms with Crippen molar-refractivity contribution in [3.8, 4) is 6.07 Å². The van der Waals surface area contributed by atoms with Gasteiger partial charge in [0.15, 0.2) is 15.9 Å². The smallest absolute Gasteiger partial charge is 0.219 e. The fraction of sp³-hybridized carbons (Fsp3) is 0.240. The molecule has 0 bridgehead atoms. The van der Waals surface area contributed by atoms with E-state index < -0.39 is 5.92 Å². The van der Waals surface area contributed by atoms with Crippen LogP contribution in [0.1, 0.15) is 47.1 Å². The Morgan fingerprint density at radius 3 is 2.77 bits per heavy atom. The lowest BCUT2D eigenvalue weighted by molar-refractivity contribution is -0.116. The van der Waals surface area contributed by atoms with Gasteiger partial charge in [0.25, 0.3) is 0 Å². The summed E-state index contributed by atoms with van der Waals surface area (Å²) in [4.78, 5) is 27.3. The van der Waals surface area contributed by atoms with Crippen molar-refractivity contribution in [3.63, 3.8) is 0 Å². The van der Waals surface area contributed by atoms with Gasteiger partial charge in [-0.15, -0.1) is 10.2 Å². The number of furan rings is 1. The number of nitriles is 1. The molecule has 176 valence electrons. The van der Waals surface area contributed by atoms with Crippen LogP contribution in [-0.2, 0) is 4.79 Å². The summed E-state index contributed by atoms with van der Waals surface area (Å²) in [6.07, 6.45) is 1.70. The molecule has 1 aromatic carbocycles. The number of hydrogen-bond acceptors (Lipinski definition) is 10. The van der Waals surface area contributed by atoms with Gasteiger partial charge in [0.05, 0.1) is 23.3 Å². The highest BCUT2D eigenvalue weighted by Crippen LogP contribution is 2.47. The Bertz CT molecular complexity index is 1410. The van der Waals surface area contributed by atoms with Crippen molar-refractivity contribution < 1.29 is 14.0 Å². The maximum atomic E-state index is 13.1. The molecule has 0 amide bonds. The number of ketones is 2. The van der Waals surface area contributed by atoms with Gasteiger partial charge in [-0.1, -0.05) is 53.4 Å². The maximum Gasteiger partial charge on any atom is 0.219 e. The summed E-state index contributed by atoms with van der Waals surface area (Å²) in [6, 6.07) is 14.9. The lowest BCUT2D eigenvalue weighted by Gasteiger charge is -2.37. The highest BCUT2D eigenvalue weighted by Gasteiger charge is 2.42. The van der Waals surface area contributed by atoms with E-state index in [4.69, 9.17) is 10.2 Å². The molecule has 1 atom stereocenters. The van der Waals surface area contributed by atoms with Crippen molar-refractivity contribution in [3.05, 3.63) is 82.2 Å². The van der Waals surface area contributed by atoms with Gasteiger partial charge < -0.3 is 10.2 Å². The first-order valence-corrected chi connectivity index (χ1v) is 12.8. The van der Waals surface area contributed by atoms with Crippen LogP contribution in [0, 0.1) is 18.3 Å². The molecular weight excluding hydrogens is 482 g/mol. The summed E-state index contributed by atoms with van der Waals surface area (Å²) in [6.45, 7) is 1.82. The van der Waals surface area contributed by atoms with Crippen molar-refractivity contribution >= 4 is 39.8 Å². The molecule has 2 aromatic heterocycles. The molecule has 1 unspecified atom stereocenters. The molecule has 2 aliphatic rings. The van der Waals surface area contributed by atoms with Crippen LogP contribution in [0.4, 0.5) is 5.13 Å². The summed E-state index contributed by atoms with van der Waals surface area (Å²) in [7, 11) is 0. The number of anilines is 1. The highest BCUT2D eigenvalue weighted by molar-refractivity contribution is 8.01. The van der Waals surface area contributed by atoms with Crippen LogP contribution in [0.2, 0.25) is 0 Å². The molecule has 0 radical (unpaired) electrons. The molecule has 0 fully saturated rings.